The minimum atomic E-state index is -0.562. The van der Waals surface area contributed by atoms with Gasteiger partial charge in [-0.1, -0.05) is 0 Å². The summed E-state index contributed by atoms with van der Waals surface area (Å²) in [7, 11) is 2.86. The van der Waals surface area contributed by atoms with Crippen LogP contribution in [0.25, 0.3) is 0 Å². The van der Waals surface area contributed by atoms with Gasteiger partial charge in [0.25, 0.3) is 11.5 Å². The Bertz CT molecular complexity index is 758. The lowest BCUT2D eigenvalue weighted by molar-refractivity contribution is -0.174. The van der Waals surface area contributed by atoms with Crippen LogP contribution in [0.4, 0.5) is 0 Å². The molecule has 1 aromatic rings. The molecule has 0 radical (unpaired) electrons. The van der Waals surface area contributed by atoms with E-state index in [1.807, 2.05) is 0 Å². The van der Waals surface area contributed by atoms with Gasteiger partial charge in [-0.25, -0.2) is 4.79 Å². The number of rotatable bonds is 1. The molecule has 0 bridgehead atoms. The van der Waals surface area contributed by atoms with E-state index in [1.165, 1.54) is 24.7 Å². The van der Waals surface area contributed by atoms with Crippen molar-refractivity contribution in [1.82, 2.24) is 14.0 Å². The van der Waals surface area contributed by atoms with Gasteiger partial charge in [-0.3, -0.25) is 18.7 Å². The van der Waals surface area contributed by atoms with E-state index in [-0.39, 0.29) is 11.6 Å². The number of aromatic nitrogens is 2. The van der Waals surface area contributed by atoms with Crippen LogP contribution in [-0.4, -0.2) is 56.4 Å². The lowest BCUT2D eigenvalue weighted by Gasteiger charge is -2.46. The largest absolute Gasteiger partial charge is 0.390 e. The van der Waals surface area contributed by atoms with Crippen LogP contribution in [-0.2, 0) is 18.8 Å². The van der Waals surface area contributed by atoms with Crippen molar-refractivity contribution in [3.8, 4) is 0 Å². The maximum absolute atomic E-state index is 12.7. The first-order chi connectivity index (χ1) is 11.4. The molecule has 1 atom stereocenters. The van der Waals surface area contributed by atoms with Gasteiger partial charge >= 0.3 is 5.69 Å². The van der Waals surface area contributed by atoms with Crippen LogP contribution in [0.5, 0.6) is 0 Å². The van der Waals surface area contributed by atoms with Gasteiger partial charge in [-0.05, 0) is 25.7 Å². The van der Waals surface area contributed by atoms with Crippen molar-refractivity contribution in [3.05, 3.63) is 32.6 Å². The average Bonchev–Trinajstić information content (AvgIpc) is 2.59. The normalized spacial score (nSPS) is 23.5. The second-order valence-electron chi connectivity index (χ2n) is 6.63. The second-order valence-corrected chi connectivity index (χ2v) is 6.63. The van der Waals surface area contributed by atoms with E-state index in [1.54, 1.807) is 4.90 Å². The summed E-state index contributed by atoms with van der Waals surface area (Å²) in [5.41, 5.74) is -1.50. The highest BCUT2D eigenvalue weighted by molar-refractivity contribution is 5.92. The van der Waals surface area contributed by atoms with Crippen LogP contribution in [0.1, 0.15) is 36.2 Å². The van der Waals surface area contributed by atoms with E-state index in [4.69, 9.17) is 4.74 Å². The molecule has 8 nitrogen and oxygen atoms in total. The number of likely N-dealkylation sites (tertiary alicyclic amines) is 1. The molecule has 2 aliphatic rings. The Morgan fingerprint density at radius 1 is 1.25 bits per heavy atom. The maximum Gasteiger partial charge on any atom is 0.331 e. The first-order valence-electron chi connectivity index (χ1n) is 8.24. The summed E-state index contributed by atoms with van der Waals surface area (Å²) in [4.78, 5) is 38.1. The highest BCUT2D eigenvalue weighted by atomic mass is 16.5. The van der Waals surface area contributed by atoms with Crippen LogP contribution in [0.2, 0.25) is 0 Å². The molecule has 1 amide bonds. The first kappa shape index (κ1) is 16.9. The molecule has 0 aliphatic carbocycles. The molecule has 0 saturated carbocycles. The second kappa shape index (κ2) is 6.18. The maximum atomic E-state index is 12.7. The van der Waals surface area contributed by atoms with E-state index in [0.717, 1.165) is 17.4 Å². The van der Waals surface area contributed by atoms with Crippen molar-refractivity contribution in [2.75, 3.05) is 19.7 Å². The number of piperidine rings is 1. The molecule has 1 aromatic heterocycles. The summed E-state index contributed by atoms with van der Waals surface area (Å²) in [6.45, 7) is 1.49. The Hall–Kier alpha value is -1.93. The first-order valence-corrected chi connectivity index (χ1v) is 8.24. The monoisotopic (exact) mass is 337 g/mol. The van der Waals surface area contributed by atoms with E-state index < -0.39 is 23.0 Å². The van der Waals surface area contributed by atoms with Crippen molar-refractivity contribution in [2.24, 2.45) is 14.1 Å². The smallest absolute Gasteiger partial charge is 0.331 e. The number of aliphatic hydroxyl groups is 1. The van der Waals surface area contributed by atoms with Crippen molar-refractivity contribution in [2.45, 2.75) is 37.4 Å². The third-order valence-corrected chi connectivity index (χ3v) is 5.26. The number of carbonyl (C=O) groups is 1. The van der Waals surface area contributed by atoms with Crippen LogP contribution in [0, 0.1) is 0 Å². The molecule has 0 aromatic carbocycles. The summed E-state index contributed by atoms with van der Waals surface area (Å²) in [6.07, 6.45) is 2.17. The summed E-state index contributed by atoms with van der Waals surface area (Å²) in [5, 5.41) is 10.3. The fraction of sp³-hybridized carbons (Fsp3) is 0.688. The Balaban J connectivity index is 1.79. The zero-order valence-electron chi connectivity index (χ0n) is 14.0. The van der Waals surface area contributed by atoms with Crippen LogP contribution in [0.15, 0.2) is 15.7 Å². The number of hydrogen-bond donors (Lipinski definition) is 1. The highest BCUT2D eigenvalue weighted by Gasteiger charge is 2.44. The van der Waals surface area contributed by atoms with Gasteiger partial charge in [0.1, 0.15) is 5.69 Å². The third-order valence-electron chi connectivity index (χ3n) is 5.26. The quantitative estimate of drug-likeness (QED) is 0.726. The molecule has 3 rings (SSSR count). The molecule has 24 heavy (non-hydrogen) atoms. The van der Waals surface area contributed by atoms with E-state index in [2.05, 4.69) is 0 Å². The lowest BCUT2D eigenvalue weighted by atomic mass is 9.82. The molecule has 8 heteroatoms. The van der Waals surface area contributed by atoms with Crippen molar-refractivity contribution in [3.63, 3.8) is 0 Å². The Morgan fingerprint density at radius 2 is 1.92 bits per heavy atom. The van der Waals surface area contributed by atoms with E-state index >= 15 is 0 Å². The molecule has 1 unspecified atom stereocenters. The summed E-state index contributed by atoms with van der Waals surface area (Å²) >= 11 is 0. The average molecular weight is 337 g/mol. The zero-order chi connectivity index (χ0) is 17.5. The van der Waals surface area contributed by atoms with Crippen LogP contribution in [0.3, 0.4) is 0 Å². The molecule has 132 valence electrons. The summed E-state index contributed by atoms with van der Waals surface area (Å²) in [5.74, 6) is -0.340. The van der Waals surface area contributed by atoms with Crippen molar-refractivity contribution >= 4 is 5.91 Å². The summed E-state index contributed by atoms with van der Waals surface area (Å²) in [6, 6.07) is 1.19. The zero-order valence-corrected chi connectivity index (χ0v) is 14.0. The number of amides is 1. The van der Waals surface area contributed by atoms with Crippen LogP contribution >= 0.6 is 0 Å². The van der Waals surface area contributed by atoms with Crippen molar-refractivity contribution in [1.29, 1.82) is 0 Å². The highest BCUT2D eigenvalue weighted by Crippen LogP contribution is 2.35. The number of carbonyl (C=O) groups excluding carboxylic acids is 1. The molecule has 1 N–H and O–H groups in total. The van der Waals surface area contributed by atoms with Crippen molar-refractivity contribution < 1.29 is 14.6 Å². The molecule has 2 fully saturated rings. The van der Waals surface area contributed by atoms with Crippen LogP contribution < -0.4 is 11.2 Å². The predicted octanol–water partition coefficient (Wildman–Crippen LogP) is -0.770. The van der Waals surface area contributed by atoms with E-state index in [9.17, 15) is 19.5 Å². The predicted molar refractivity (Wildman–Crippen MR) is 86.0 cm³/mol. The number of hydrogen-bond acceptors (Lipinski definition) is 5. The molecule has 3 heterocycles. The van der Waals surface area contributed by atoms with Gasteiger partial charge in [0.05, 0.1) is 11.7 Å². The number of ether oxygens (including phenoxy) is 1. The molecule has 2 saturated heterocycles. The topological polar surface area (TPSA) is 93.8 Å². The summed E-state index contributed by atoms with van der Waals surface area (Å²) < 4.78 is 7.99. The lowest BCUT2D eigenvalue weighted by Crippen LogP contribution is -2.56. The molecular formula is C16H23N3O5. The van der Waals surface area contributed by atoms with Gasteiger partial charge in [0.2, 0.25) is 0 Å². The van der Waals surface area contributed by atoms with Gasteiger partial charge in [-0.2, -0.15) is 0 Å². The minimum absolute atomic E-state index is 0.0872. The Morgan fingerprint density at radius 3 is 2.54 bits per heavy atom. The molecular weight excluding hydrogens is 314 g/mol. The Kier molecular flexibility index (Phi) is 4.35. The number of aliphatic hydroxyl groups excluding tert-OH is 1. The SMILES string of the molecule is Cn1c(C(=O)N2CCC3(CC2)OCCCC3O)cc(=O)n(C)c1=O. The fourth-order valence-electron chi connectivity index (χ4n) is 3.58. The third kappa shape index (κ3) is 2.69. The standard InChI is InChI=1S/C16H23N3O5/c1-17-11(10-13(21)18(2)15(17)23)14(22)19-7-5-16(6-8-19)12(20)4-3-9-24-16/h10,12,20H,3-9H2,1-2H3. The number of nitrogens with zero attached hydrogens (tertiary/aromatic N) is 3. The van der Waals surface area contributed by atoms with Gasteiger partial charge in [0, 0.05) is 39.9 Å². The minimum Gasteiger partial charge on any atom is -0.390 e. The van der Waals surface area contributed by atoms with Gasteiger partial charge in [-0.15, -0.1) is 0 Å². The molecule has 1 spiro atoms. The van der Waals surface area contributed by atoms with Gasteiger partial charge in [0.15, 0.2) is 0 Å². The van der Waals surface area contributed by atoms with E-state index in [0.29, 0.717) is 32.5 Å². The van der Waals surface area contributed by atoms with Gasteiger partial charge < -0.3 is 14.7 Å². The molecule has 2 aliphatic heterocycles. The Labute approximate surface area is 139 Å². The fourth-order valence-corrected chi connectivity index (χ4v) is 3.58.